The van der Waals surface area contributed by atoms with Gasteiger partial charge in [-0.3, -0.25) is 4.79 Å². The number of hydrogen-bond donors (Lipinski definition) is 0. The minimum atomic E-state index is 0.238. The SMILES string of the molecule is CCC(=O)C[C@H]1CCC2=C1c1c(ncnc1OC1CCC(N(C)C)CC1)C2. The minimum Gasteiger partial charge on any atom is -0.474 e. The zero-order chi connectivity index (χ0) is 19.0. The Morgan fingerprint density at radius 1 is 1.19 bits per heavy atom. The lowest BCUT2D eigenvalue weighted by molar-refractivity contribution is -0.119. The van der Waals surface area contributed by atoms with Gasteiger partial charge in [-0.25, -0.2) is 9.97 Å². The number of fused-ring (bicyclic) bond motifs is 2. The second kappa shape index (κ2) is 7.70. The summed E-state index contributed by atoms with van der Waals surface area (Å²) >= 11 is 0. The number of aromatic nitrogens is 2. The third-order valence-corrected chi connectivity index (χ3v) is 6.65. The Bertz CT molecular complexity index is 748. The molecule has 0 saturated heterocycles. The molecule has 1 saturated carbocycles. The first-order valence-electron chi connectivity index (χ1n) is 10.5. The quantitative estimate of drug-likeness (QED) is 0.763. The van der Waals surface area contributed by atoms with E-state index in [1.165, 1.54) is 24.0 Å². The molecule has 146 valence electrons. The van der Waals surface area contributed by atoms with Gasteiger partial charge in [0.15, 0.2) is 0 Å². The van der Waals surface area contributed by atoms with Crippen molar-refractivity contribution < 1.29 is 9.53 Å². The molecular formula is C22H31N3O2. The maximum absolute atomic E-state index is 12.1. The van der Waals surface area contributed by atoms with Crippen molar-refractivity contribution in [1.29, 1.82) is 0 Å². The second-order valence-corrected chi connectivity index (χ2v) is 8.54. The normalized spacial score (nSPS) is 27.0. The average molecular weight is 370 g/mol. The van der Waals surface area contributed by atoms with Crippen LogP contribution in [0.15, 0.2) is 11.9 Å². The first-order chi connectivity index (χ1) is 13.1. The van der Waals surface area contributed by atoms with Gasteiger partial charge in [0.05, 0.1) is 11.3 Å². The monoisotopic (exact) mass is 369 g/mol. The fourth-order valence-electron chi connectivity index (χ4n) is 5.04. The van der Waals surface area contributed by atoms with E-state index in [1.54, 1.807) is 6.33 Å². The molecule has 0 amide bonds. The minimum absolute atomic E-state index is 0.238. The fraction of sp³-hybridized carbons (Fsp3) is 0.682. The van der Waals surface area contributed by atoms with Gasteiger partial charge in [0.25, 0.3) is 0 Å². The van der Waals surface area contributed by atoms with Crippen LogP contribution in [0.2, 0.25) is 0 Å². The summed E-state index contributed by atoms with van der Waals surface area (Å²) in [5, 5.41) is 0. The Kier molecular flexibility index (Phi) is 5.31. The van der Waals surface area contributed by atoms with Gasteiger partial charge in [0, 0.05) is 25.3 Å². The van der Waals surface area contributed by atoms with Crippen molar-refractivity contribution >= 4 is 11.4 Å². The van der Waals surface area contributed by atoms with Crippen LogP contribution in [-0.4, -0.2) is 46.9 Å². The van der Waals surface area contributed by atoms with Gasteiger partial charge in [0.1, 0.15) is 18.2 Å². The van der Waals surface area contributed by atoms with Crippen LogP contribution < -0.4 is 4.74 Å². The van der Waals surface area contributed by atoms with E-state index >= 15 is 0 Å². The number of carbonyl (C=O) groups excluding carboxylic acids is 1. The van der Waals surface area contributed by atoms with Crippen LogP contribution in [0.5, 0.6) is 5.88 Å². The summed E-state index contributed by atoms with van der Waals surface area (Å²) in [6.45, 7) is 1.96. The van der Waals surface area contributed by atoms with E-state index in [1.807, 2.05) is 6.92 Å². The highest BCUT2D eigenvalue weighted by molar-refractivity contribution is 5.86. The standard InChI is InChI=1S/C22H31N3O2/c1-4-17(26)11-14-5-6-15-12-19-21(20(14)15)22(24-13-23-19)27-18-9-7-16(8-10-18)25(2)3/h13-14,16,18H,4-12H2,1-3H3/t14-,16?,18?/m1/s1. The molecule has 1 aromatic rings. The smallest absolute Gasteiger partial charge is 0.224 e. The first kappa shape index (κ1) is 18.6. The van der Waals surface area contributed by atoms with Crippen molar-refractivity contribution in [3.8, 4) is 5.88 Å². The lowest BCUT2D eigenvalue weighted by Gasteiger charge is -2.32. The van der Waals surface area contributed by atoms with Gasteiger partial charge < -0.3 is 9.64 Å². The van der Waals surface area contributed by atoms with E-state index in [9.17, 15) is 4.79 Å². The molecule has 1 fully saturated rings. The molecule has 0 unspecified atom stereocenters. The van der Waals surface area contributed by atoms with Crippen molar-refractivity contribution in [3.05, 3.63) is 23.2 Å². The number of nitrogens with zero attached hydrogens (tertiary/aromatic N) is 3. The van der Waals surface area contributed by atoms with Crippen LogP contribution in [0.25, 0.3) is 5.57 Å². The van der Waals surface area contributed by atoms with Crippen molar-refractivity contribution in [2.45, 2.75) is 76.9 Å². The Labute approximate surface area is 162 Å². The summed E-state index contributed by atoms with van der Waals surface area (Å²) in [6.07, 6.45) is 10.7. The molecular weight excluding hydrogens is 338 g/mol. The molecule has 0 aromatic carbocycles. The van der Waals surface area contributed by atoms with Crippen LogP contribution in [0.1, 0.15) is 69.5 Å². The number of allylic oxidation sites excluding steroid dienone is 2. The predicted molar refractivity (Wildman–Crippen MR) is 106 cm³/mol. The summed E-state index contributed by atoms with van der Waals surface area (Å²) in [7, 11) is 4.32. The first-order valence-corrected chi connectivity index (χ1v) is 10.5. The topological polar surface area (TPSA) is 55.3 Å². The highest BCUT2D eigenvalue weighted by Crippen LogP contribution is 2.50. The molecule has 1 aromatic heterocycles. The van der Waals surface area contributed by atoms with Crippen LogP contribution in [-0.2, 0) is 11.2 Å². The maximum atomic E-state index is 12.1. The molecule has 5 heteroatoms. The van der Waals surface area contributed by atoms with Crippen LogP contribution in [0.3, 0.4) is 0 Å². The molecule has 4 rings (SSSR count). The number of rotatable bonds is 6. The van der Waals surface area contributed by atoms with E-state index in [0.29, 0.717) is 30.6 Å². The Balaban J connectivity index is 1.52. The van der Waals surface area contributed by atoms with Crippen molar-refractivity contribution in [2.75, 3.05) is 14.1 Å². The number of carbonyl (C=O) groups is 1. The summed E-state index contributed by atoms with van der Waals surface area (Å²) in [4.78, 5) is 23.5. The Morgan fingerprint density at radius 2 is 1.96 bits per heavy atom. The average Bonchev–Trinajstić information content (AvgIpc) is 3.22. The van der Waals surface area contributed by atoms with Gasteiger partial charge in [-0.2, -0.15) is 0 Å². The van der Waals surface area contributed by atoms with Crippen molar-refractivity contribution in [3.63, 3.8) is 0 Å². The van der Waals surface area contributed by atoms with Crippen molar-refractivity contribution in [2.24, 2.45) is 5.92 Å². The largest absolute Gasteiger partial charge is 0.474 e. The van der Waals surface area contributed by atoms with E-state index < -0.39 is 0 Å². The molecule has 0 spiro atoms. The summed E-state index contributed by atoms with van der Waals surface area (Å²) in [6, 6.07) is 0.662. The zero-order valence-electron chi connectivity index (χ0n) is 16.8. The third kappa shape index (κ3) is 3.66. The van der Waals surface area contributed by atoms with Gasteiger partial charge >= 0.3 is 0 Å². The fourth-order valence-corrected chi connectivity index (χ4v) is 5.04. The number of hydrogen-bond acceptors (Lipinski definition) is 5. The lowest BCUT2D eigenvalue weighted by Crippen LogP contribution is -2.35. The molecule has 1 heterocycles. The summed E-state index contributed by atoms with van der Waals surface area (Å²) in [5.74, 6) is 1.43. The summed E-state index contributed by atoms with van der Waals surface area (Å²) < 4.78 is 6.43. The molecule has 0 radical (unpaired) electrons. The molecule has 0 N–H and O–H groups in total. The summed E-state index contributed by atoms with van der Waals surface area (Å²) in [5.41, 5.74) is 5.01. The van der Waals surface area contributed by atoms with Crippen LogP contribution in [0.4, 0.5) is 0 Å². The van der Waals surface area contributed by atoms with Gasteiger partial charge in [-0.05, 0) is 64.1 Å². The van der Waals surface area contributed by atoms with Crippen LogP contribution in [0, 0.1) is 5.92 Å². The molecule has 1 atom stereocenters. The van der Waals surface area contributed by atoms with Gasteiger partial charge in [-0.15, -0.1) is 0 Å². The molecule has 0 aliphatic heterocycles. The van der Waals surface area contributed by atoms with Crippen molar-refractivity contribution in [1.82, 2.24) is 14.9 Å². The number of ketones is 1. The van der Waals surface area contributed by atoms with E-state index in [0.717, 1.165) is 49.2 Å². The molecule has 3 aliphatic carbocycles. The van der Waals surface area contributed by atoms with E-state index in [-0.39, 0.29) is 6.10 Å². The van der Waals surface area contributed by atoms with E-state index in [4.69, 9.17) is 4.74 Å². The second-order valence-electron chi connectivity index (χ2n) is 8.54. The van der Waals surface area contributed by atoms with Gasteiger partial charge in [-0.1, -0.05) is 12.5 Å². The number of Topliss-reactive ketones (excluding diaryl/α,β-unsaturated/α-hetero) is 1. The highest BCUT2D eigenvalue weighted by Gasteiger charge is 2.37. The lowest BCUT2D eigenvalue weighted by atomic mass is 9.90. The van der Waals surface area contributed by atoms with Gasteiger partial charge in [0.2, 0.25) is 5.88 Å². The van der Waals surface area contributed by atoms with E-state index in [2.05, 4.69) is 29.0 Å². The Morgan fingerprint density at radius 3 is 2.67 bits per heavy atom. The molecule has 0 bridgehead atoms. The maximum Gasteiger partial charge on any atom is 0.224 e. The number of ether oxygens (including phenoxy) is 1. The van der Waals surface area contributed by atoms with Crippen LogP contribution >= 0.6 is 0 Å². The Hall–Kier alpha value is -1.75. The third-order valence-electron chi connectivity index (χ3n) is 6.65. The molecule has 27 heavy (non-hydrogen) atoms. The highest BCUT2D eigenvalue weighted by atomic mass is 16.5. The zero-order valence-corrected chi connectivity index (χ0v) is 16.8. The molecule has 3 aliphatic rings. The predicted octanol–water partition coefficient (Wildman–Crippen LogP) is 3.82. The molecule has 5 nitrogen and oxygen atoms in total.